The molecule has 0 bridgehead atoms. The fraction of sp³-hybridized carbons (Fsp3) is 0.733. The molecule has 1 fully saturated rings. The molecule has 0 aliphatic heterocycles. The molecule has 0 saturated heterocycles. The van der Waals surface area contributed by atoms with Crippen LogP contribution in [0.25, 0.3) is 0 Å². The molecule has 1 N–H and O–H groups in total. The minimum Gasteiger partial charge on any atom is -0.312 e. The predicted octanol–water partition coefficient (Wildman–Crippen LogP) is 3.20. The minimum absolute atomic E-state index is 0.181. The second-order valence-corrected chi connectivity index (χ2v) is 8.35. The molecule has 6 heteroatoms. The van der Waals surface area contributed by atoms with Crippen LogP contribution in [-0.2, 0) is 16.6 Å². The summed E-state index contributed by atoms with van der Waals surface area (Å²) in [5.74, 6) is 0. The summed E-state index contributed by atoms with van der Waals surface area (Å²) in [6.45, 7) is 6.01. The lowest BCUT2D eigenvalue weighted by Crippen LogP contribution is -2.41. The van der Waals surface area contributed by atoms with E-state index in [0.717, 1.165) is 37.1 Å². The molecule has 0 aromatic carbocycles. The molecule has 0 radical (unpaired) electrons. The van der Waals surface area contributed by atoms with Crippen molar-refractivity contribution in [3.8, 4) is 0 Å². The summed E-state index contributed by atoms with van der Waals surface area (Å²) in [7, 11) is -3.36. The monoisotopic (exact) mass is 330 g/mol. The molecule has 0 unspecified atom stereocenters. The van der Waals surface area contributed by atoms with Crippen molar-refractivity contribution in [3.05, 3.63) is 16.3 Å². The van der Waals surface area contributed by atoms with Gasteiger partial charge in [0.1, 0.15) is 0 Å². The maximum atomic E-state index is 13.0. The summed E-state index contributed by atoms with van der Waals surface area (Å²) in [5.41, 5.74) is 0. The van der Waals surface area contributed by atoms with Gasteiger partial charge in [-0.05, 0) is 30.8 Å². The van der Waals surface area contributed by atoms with E-state index in [4.69, 9.17) is 0 Å². The van der Waals surface area contributed by atoms with Crippen LogP contribution in [0.15, 0.2) is 16.3 Å². The van der Waals surface area contributed by atoms with Gasteiger partial charge in [0.05, 0.1) is 4.90 Å². The fourth-order valence-electron chi connectivity index (χ4n) is 3.05. The number of thiophene rings is 1. The summed E-state index contributed by atoms with van der Waals surface area (Å²) in [6, 6.07) is 1.94. The molecule has 1 aliphatic rings. The van der Waals surface area contributed by atoms with Gasteiger partial charge in [0.2, 0.25) is 10.0 Å². The highest BCUT2D eigenvalue weighted by Crippen LogP contribution is 2.30. The second-order valence-electron chi connectivity index (χ2n) is 5.49. The first-order valence-corrected chi connectivity index (χ1v) is 10.2. The van der Waals surface area contributed by atoms with E-state index in [9.17, 15) is 8.42 Å². The highest BCUT2D eigenvalue weighted by Gasteiger charge is 2.32. The lowest BCUT2D eigenvalue weighted by molar-refractivity contribution is 0.261. The molecule has 120 valence electrons. The molecule has 1 aliphatic carbocycles. The summed E-state index contributed by atoms with van der Waals surface area (Å²) in [6.07, 6.45) is 5.52. The molecule has 1 aromatic heterocycles. The Hall–Kier alpha value is -0.430. The van der Waals surface area contributed by atoms with E-state index in [2.05, 4.69) is 5.32 Å². The third kappa shape index (κ3) is 3.86. The number of hydrogen-bond acceptors (Lipinski definition) is 4. The van der Waals surface area contributed by atoms with Crippen molar-refractivity contribution in [2.75, 3.05) is 13.1 Å². The molecular formula is C15H26N2O2S2. The summed E-state index contributed by atoms with van der Waals surface area (Å²) in [4.78, 5) is 1.42. The van der Waals surface area contributed by atoms with Crippen molar-refractivity contribution >= 4 is 21.4 Å². The van der Waals surface area contributed by atoms with E-state index >= 15 is 0 Å². The average molecular weight is 331 g/mol. The number of nitrogens with one attached hydrogen (secondary N) is 1. The maximum absolute atomic E-state index is 13.0. The molecule has 1 saturated carbocycles. The Morgan fingerprint density at radius 3 is 2.62 bits per heavy atom. The number of hydrogen-bond donors (Lipinski definition) is 1. The van der Waals surface area contributed by atoms with Crippen molar-refractivity contribution in [1.29, 1.82) is 0 Å². The Balaban J connectivity index is 2.24. The first-order valence-electron chi connectivity index (χ1n) is 7.90. The maximum Gasteiger partial charge on any atom is 0.244 e. The summed E-state index contributed by atoms with van der Waals surface area (Å²) >= 11 is 1.52. The zero-order chi connectivity index (χ0) is 15.3. The van der Waals surface area contributed by atoms with E-state index in [-0.39, 0.29) is 6.04 Å². The SMILES string of the molecule is CCNCc1sccc1S(=O)(=O)N(CC)C1CCCCC1. The van der Waals surface area contributed by atoms with Crippen LogP contribution in [0.2, 0.25) is 0 Å². The third-order valence-electron chi connectivity index (χ3n) is 4.12. The van der Waals surface area contributed by atoms with Crippen molar-refractivity contribution in [1.82, 2.24) is 9.62 Å². The van der Waals surface area contributed by atoms with Gasteiger partial charge in [0.25, 0.3) is 0 Å². The van der Waals surface area contributed by atoms with Gasteiger partial charge in [-0.2, -0.15) is 4.31 Å². The van der Waals surface area contributed by atoms with Gasteiger partial charge in [0, 0.05) is 24.0 Å². The Morgan fingerprint density at radius 2 is 2.00 bits per heavy atom. The lowest BCUT2D eigenvalue weighted by atomic mass is 9.95. The molecule has 0 amide bonds. The van der Waals surface area contributed by atoms with E-state index in [0.29, 0.717) is 18.0 Å². The first kappa shape index (κ1) is 16.9. The molecule has 1 heterocycles. The van der Waals surface area contributed by atoms with Crippen LogP contribution in [0.5, 0.6) is 0 Å². The van der Waals surface area contributed by atoms with E-state index in [1.54, 1.807) is 10.4 Å². The van der Waals surface area contributed by atoms with Crippen molar-refractivity contribution in [3.63, 3.8) is 0 Å². The summed E-state index contributed by atoms with van der Waals surface area (Å²) < 4.78 is 27.8. The molecular weight excluding hydrogens is 304 g/mol. The smallest absolute Gasteiger partial charge is 0.244 e. The Kier molecular flexibility index (Phi) is 6.22. The molecule has 0 spiro atoms. The standard InChI is InChI=1S/C15H26N2O2S2/c1-3-16-12-14-15(10-11-20-14)21(18,19)17(4-2)13-8-6-5-7-9-13/h10-11,13,16H,3-9,12H2,1-2H3. The normalized spacial score (nSPS) is 17.5. The van der Waals surface area contributed by atoms with Crippen LogP contribution in [-0.4, -0.2) is 31.9 Å². The molecule has 2 rings (SSSR count). The van der Waals surface area contributed by atoms with Gasteiger partial charge in [-0.3, -0.25) is 0 Å². The third-order valence-corrected chi connectivity index (χ3v) is 7.28. The van der Waals surface area contributed by atoms with E-state index in [1.807, 2.05) is 19.2 Å². The van der Waals surface area contributed by atoms with Crippen LogP contribution >= 0.6 is 11.3 Å². The molecule has 21 heavy (non-hydrogen) atoms. The Morgan fingerprint density at radius 1 is 1.29 bits per heavy atom. The zero-order valence-electron chi connectivity index (χ0n) is 13.0. The highest BCUT2D eigenvalue weighted by atomic mass is 32.2. The van der Waals surface area contributed by atoms with E-state index < -0.39 is 10.0 Å². The fourth-order valence-corrected chi connectivity index (χ4v) is 6.13. The quantitative estimate of drug-likeness (QED) is 0.835. The van der Waals surface area contributed by atoms with Crippen molar-refractivity contribution in [2.24, 2.45) is 0 Å². The van der Waals surface area contributed by atoms with Gasteiger partial charge in [-0.15, -0.1) is 11.3 Å². The number of nitrogens with zero attached hydrogens (tertiary/aromatic N) is 1. The van der Waals surface area contributed by atoms with Gasteiger partial charge in [0.15, 0.2) is 0 Å². The lowest BCUT2D eigenvalue weighted by Gasteiger charge is -2.32. The first-order chi connectivity index (χ1) is 10.1. The second kappa shape index (κ2) is 7.72. The van der Waals surface area contributed by atoms with Gasteiger partial charge >= 0.3 is 0 Å². The van der Waals surface area contributed by atoms with Crippen molar-refractivity contribution < 1.29 is 8.42 Å². The highest BCUT2D eigenvalue weighted by molar-refractivity contribution is 7.89. The largest absolute Gasteiger partial charge is 0.312 e. The van der Waals surface area contributed by atoms with Crippen molar-refractivity contribution in [2.45, 2.75) is 63.4 Å². The van der Waals surface area contributed by atoms with Gasteiger partial charge in [-0.25, -0.2) is 8.42 Å². The molecule has 0 atom stereocenters. The van der Waals surface area contributed by atoms with E-state index in [1.165, 1.54) is 17.8 Å². The molecule has 1 aromatic rings. The van der Waals surface area contributed by atoms with Crippen LogP contribution in [0.3, 0.4) is 0 Å². The zero-order valence-corrected chi connectivity index (χ0v) is 14.6. The molecule has 4 nitrogen and oxygen atoms in total. The average Bonchev–Trinajstić information content (AvgIpc) is 2.96. The Bertz CT molecular complexity index is 534. The minimum atomic E-state index is -3.36. The Labute approximate surface area is 132 Å². The van der Waals surface area contributed by atoms with Gasteiger partial charge in [-0.1, -0.05) is 33.1 Å². The predicted molar refractivity (Wildman–Crippen MR) is 88.1 cm³/mol. The van der Waals surface area contributed by atoms with Crippen LogP contribution in [0.1, 0.15) is 50.8 Å². The topological polar surface area (TPSA) is 49.4 Å². The summed E-state index contributed by atoms with van der Waals surface area (Å²) in [5, 5.41) is 5.11. The number of sulfonamides is 1. The number of rotatable bonds is 7. The van der Waals surface area contributed by atoms with Crippen LogP contribution in [0, 0.1) is 0 Å². The van der Waals surface area contributed by atoms with Crippen LogP contribution < -0.4 is 5.32 Å². The van der Waals surface area contributed by atoms with Crippen LogP contribution in [0.4, 0.5) is 0 Å². The van der Waals surface area contributed by atoms with Gasteiger partial charge < -0.3 is 5.32 Å².